The molecule has 1 heterocycles. The van der Waals surface area contributed by atoms with Crippen LogP contribution in [0.1, 0.15) is 342 Å². The van der Waals surface area contributed by atoms with E-state index < -0.39 is 212 Å². The normalized spacial score (nSPS) is 13.3. The first-order chi connectivity index (χ1) is 71.7. The number of benzene rings is 2. The van der Waals surface area contributed by atoms with Gasteiger partial charge in [0.15, 0.2) is 17.3 Å². The van der Waals surface area contributed by atoms with E-state index in [9.17, 15) is 127 Å². The molecule has 3 aromatic rings. The molecule has 0 saturated carbocycles. The van der Waals surface area contributed by atoms with Crippen molar-refractivity contribution in [1.82, 2.24) is 52.5 Å². The van der Waals surface area contributed by atoms with Gasteiger partial charge in [0.1, 0.15) is 64.6 Å². The number of Topliss-reactive ketones (excluding diaryl/α,β-unsaturated/α-hetero) is 8. The highest BCUT2D eigenvalue weighted by Crippen LogP contribution is 2.29. The second-order valence-electron chi connectivity index (χ2n) is 39.4. The Kier molecular flexibility index (Phi) is 69.0. The summed E-state index contributed by atoms with van der Waals surface area (Å²) >= 11 is 0. The number of aromatic nitrogens is 2. The number of carboxylic acid groups (broad SMARTS) is 5. The van der Waals surface area contributed by atoms with Gasteiger partial charge in [-0.1, -0.05) is 130 Å². The minimum atomic E-state index is -1.43. The third-order valence-corrected chi connectivity index (χ3v) is 26.4. The SMILES string of the molecule is C=C(NCCCC[C@H](NCC(=O)[C@H](CCCCNC(=O)[C@@H](N)CCCCCC(=O)[C@H](CO)NC(=O)CCC(=O)[C@H](CO)NC(=O)CC[C@H](CC(=O)CCCCCCCCCCCOc1ccc(C(=O)O)cc1)C(=O)O)CCC(=O)C(C)(C)CC(=O)CCc1cnc[nH]1)C(=O)O)[C@@H](N)CCCCNC(=O)[C@H](CO)CC(=O)CNC(=O)[C@H](CO)CC(=O)CC[C@H](NC(=O)CCCCCCCCCCCOc1ccc(C(=O)O)cc1)C(=O)O. The summed E-state index contributed by atoms with van der Waals surface area (Å²) in [7, 11) is 0. The maximum Gasteiger partial charge on any atom is 0.335 e. The van der Waals surface area contributed by atoms with Crippen LogP contribution in [0.5, 0.6) is 11.5 Å². The number of aliphatic hydroxyl groups is 4. The Morgan fingerprint density at radius 1 is 0.367 bits per heavy atom. The number of aromatic carboxylic acids is 2. The number of ketones is 8. The number of hydrogen-bond donors (Lipinski definition) is 20. The number of nitrogens with one attached hydrogen (secondary N) is 9. The fourth-order valence-corrected chi connectivity index (χ4v) is 16.9. The van der Waals surface area contributed by atoms with E-state index in [4.69, 9.17) is 31.2 Å². The summed E-state index contributed by atoms with van der Waals surface area (Å²) in [6, 6.07) is 5.85. The molecule has 1 aromatic heterocycles. The van der Waals surface area contributed by atoms with Crippen LogP contribution < -0.4 is 63.5 Å². The van der Waals surface area contributed by atoms with Gasteiger partial charge < -0.3 is 109 Å². The highest BCUT2D eigenvalue weighted by Gasteiger charge is 2.34. The molecule has 10 atom stereocenters. The first-order valence-corrected chi connectivity index (χ1v) is 53.3. The van der Waals surface area contributed by atoms with Gasteiger partial charge in [0.05, 0.1) is 94.0 Å². The summed E-state index contributed by atoms with van der Waals surface area (Å²) in [6.07, 6.45) is 22.1. The van der Waals surface area contributed by atoms with Crippen molar-refractivity contribution < 1.29 is 147 Å². The Morgan fingerprint density at radius 2 is 0.800 bits per heavy atom. The molecular weight excluding hydrogens is 1950 g/mol. The fraction of sp³-hybridized carbons (Fsp3) is 0.667. The molecule has 0 aliphatic heterocycles. The van der Waals surface area contributed by atoms with E-state index in [1.807, 2.05) is 0 Å². The van der Waals surface area contributed by atoms with Gasteiger partial charge in [0.25, 0.3) is 0 Å². The molecule has 0 radical (unpaired) electrons. The second-order valence-corrected chi connectivity index (χ2v) is 39.4. The Morgan fingerprint density at radius 3 is 1.32 bits per heavy atom. The van der Waals surface area contributed by atoms with Crippen molar-refractivity contribution in [2.45, 2.75) is 358 Å². The molecule has 840 valence electrons. The van der Waals surface area contributed by atoms with Crippen LogP contribution in [0.4, 0.5) is 0 Å². The predicted molar refractivity (Wildman–Crippen MR) is 556 cm³/mol. The lowest BCUT2D eigenvalue weighted by Gasteiger charge is -2.24. The number of aliphatic hydroxyl groups excluding tert-OH is 4. The molecule has 42 heteroatoms. The lowest BCUT2D eigenvalue weighted by atomic mass is 9.78. The number of carbonyl (C=O) groups is 19. The zero-order chi connectivity index (χ0) is 111. The molecule has 0 bridgehead atoms. The van der Waals surface area contributed by atoms with Gasteiger partial charge >= 0.3 is 29.8 Å². The van der Waals surface area contributed by atoms with Gasteiger partial charge in [0, 0.05) is 138 Å². The maximum absolute atomic E-state index is 14.1. The number of amides is 6. The standard InChI is InChI=1S/C108H168N12O30/c1-73(87(109)33-24-27-57-113-100(136)79(69-122)63-84(128)66-116-101(137)78(68-121)62-82(126)46-51-90(107(147)148)118-97(133)37-22-15-11-7-5-9-13-17-30-60-150-86-49-40-76(41-50-86)104(141)142)112-56-28-25-35-89(106(145)146)115-67-95(131)74(42-53-96(132)108(2,3)64-83(127)45-44-80-65-111-72-117-80)31-23-26-58-114-102(138)88(110)34-20-18-21-36-93(129)91(70-123)119-99(135)55-52-94(130)92(71-124)120-98(134)54-43-77(105(143)144)61-81(125)32-19-14-10-6-4-8-12-16-29-59-149-85-47-38-75(39-48-85)103(139)140/h38-41,47-50,65,72,74,77-79,87-92,112,115,121-124H,1,4-37,42-46,51-64,66-71,109-110H2,2-3H3,(H,111,117)(H,113,136)(H,114,138)(H,116,137)(H,118,133)(H,119,135)(H,120,134)(H,139,140)(H,141,142)(H,143,144)(H,145,146)(H,147,148)/t74-,77-,78+,79+,87+,88+,89+,90+,91+,92+/m1/s1. The van der Waals surface area contributed by atoms with Crippen LogP contribution in [0.15, 0.2) is 73.3 Å². The van der Waals surface area contributed by atoms with Crippen molar-refractivity contribution in [3.63, 3.8) is 0 Å². The molecule has 0 fully saturated rings. The monoisotopic (exact) mass is 2110 g/mol. The van der Waals surface area contributed by atoms with E-state index in [0.29, 0.717) is 120 Å². The quantitative estimate of drug-likeness (QED) is 0.0235. The summed E-state index contributed by atoms with van der Waals surface area (Å²) in [6.45, 7) is 5.22. The van der Waals surface area contributed by atoms with Gasteiger partial charge in [0.2, 0.25) is 35.4 Å². The Balaban J connectivity index is 1.33. The largest absolute Gasteiger partial charge is 0.494 e. The highest BCUT2D eigenvalue weighted by molar-refractivity contribution is 5.96. The molecule has 150 heavy (non-hydrogen) atoms. The van der Waals surface area contributed by atoms with Crippen LogP contribution in [-0.4, -0.2) is 276 Å². The van der Waals surface area contributed by atoms with Crippen molar-refractivity contribution in [2.24, 2.45) is 40.6 Å². The van der Waals surface area contributed by atoms with E-state index in [1.54, 1.807) is 44.3 Å². The van der Waals surface area contributed by atoms with E-state index >= 15 is 0 Å². The van der Waals surface area contributed by atoms with Crippen LogP contribution in [0, 0.1) is 29.1 Å². The number of nitrogens with two attached hydrogens (primary N) is 2. The molecule has 0 spiro atoms. The van der Waals surface area contributed by atoms with Crippen LogP contribution in [0.2, 0.25) is 0 Å². The maximum atomic E-state index is 14.1. The third-order valence-electron chi connectivity index (χ3n) is 26.4. The number of nitrogens with zero attached hydrogens (tertiary/aromatic N) is 1. The van der Waals surface area contributed by atoms with Gasteiger partial charge in [-0.15, -0.1) is 0 Å². The van der Waals surface area contributed by atoms with Crippen LogP contribution in [0.25, 0.3) is 0 Å². The highest BCUT2D eigenvalue weighted by atomic mass is 16.5. The summed E-state index contributed by atoms with van der Waals surface area (Å²) < 4.78 is 11.3. The summed E-state index contributed by atoms with van der Waals surface area (Å²) in [5, 5.41) is 109. The third kappa shape index (κ3) is 60.2. The minimum Gasteiger partial charge on any atom is -0.494 e. The van der Waals surface area contributed by atoms with Gasteiger partial charge in [-0.05, 0) is 164 Å². The Bertz CT molecular complexity index is 4630. The molecule has 0 saturated heterocycles. The lowest BCUT2D eigenvalue weighted by molar-refractivity contribution is -0.144. The number of aliphatic carboxylic acids is 3. The molecular formula is C108H168N12O30. The first-order valence-electron chi connectivity index (χ1n) is 53.3. The number of rotatable bonds is 96. The number of unbranched alkanes of at least 4 members (excludes halogenated alkanes) is 21. The summed E-state index contributed by atoms with van der Waals surface area (Å²) in [5.41, 5.74) is 13.3. The molecule has 2 aromatic carbocycles. The number of ether oxygens (including phenoxy) is 2. The zero-order valence-corrected chi connectivity index (χ0v) is 87.7. The Labute approximate surface area is 879 Å². The number of H-pyrrole nitrogens is 1. The molecule has 0 unspecified atom stereocenters. The first kappa shape index (κ1) is 132. The van der Waals surface area contributed by atoms with Crippen molar-refractivity contribution in [2.75, 3.05) is 72.4 Å². The smallest absolute Gasteiger partial charge is 0.335 e. The van der Waals surface area contributed by atoms with E-state index in [0.717, 1.165) is 108 Å². The van der Waals surface area contributed by atoms with Gasteiger partial charge in [-0.2, -0.15) is 0 Å². The summed E-state index contributed by atoms with van der Waals surface area (Å²) in [5.74, 6) is -16.1. The van der Waals surface area contributed by atoms with Crippen LogP contribution in [-0.2, 0) is 87.9 Å². The molecule has 0 aliphatic carbocycles. The van der Waals surface area contributed by atoms with Crippen molar-refractivity contribution in [3.8, 4) is 11.5 Å². The lowest BCUT2D eigenvalue weighted by Crippen LogP contribution is -2.45. The van der Waals surface area contributed by atoms with Crippen LogP contribution in [0.3, 0.4) is 0 Å². The minimum absolute atomic E-state index is 0.0285. The second kappa shape index (κ2) is 78.2. The molecule has 22 N–H and O–H groups in total. The predicted octanol–water partition coefficient (Wildman–Crippen LogP) is 8.63. The van der Waals surface area contributed by atoms with Crippen molar-refractivity contribution in [3.05, 3.63) is 90.2 Å². The number of imidazole rings is 1. The van der Waals surface area contributed by atoms with E-state index in [2.05, 4.69) is 59.1 Å². The zero-order valence-electron chi connectivity index (χ0n) is 87.7. The Hall–Kier alpha value is -12.0. The molecule has 0 aliphatic rings. The molecule has 3 rings (SSSR count). The number of carboxylic acids is 5. The van der Waals surface area contributed by atoms with E-state index in [-0.39, 0.29) is 150 Å². The van der Waals surface area contributed by atoms with Gasteiger partial charge in [-0.25, -0.2) is 19.4 Å². The number of aromatic amines is 1. The molecule has 42 nitrogen and oxygen atoms in total. The number of aryl methyl sites for hydroxylation is 1. The van der Waals surface area contributed by atoms with Gasteiger partial charge in [-0.3, -0.25) is 82.0 Å². The van der Waals surface area contributed by atoms with Crippen molar-refractivity contribution in [1.29, 1.82) is 0 Å². The average Bonchev–Trinajstić information content (AvgIpc) is 1.01. The average molecular weight is 2110 g/mol. The number of hydrogen-bond acceptors (Lipinski definition) is 30. The number of carbonyl (C=O) groups excluding carboxylic acids is 14. The topological polar surface area (TPSA) is 702 Å². The van der Waals surface area contributed by atoms with Crippen LogP contribution >= 0.6 is 0 Å². The van der Waals surface area contributed by atoms with E-state index in [1.165, 1.54) is 30.6 Å². The fourth-order valence-electron chi connectivity index (χ4n) is 16.9. The summed E-state index contributed by atoms with van der Waals surface area (Å²) in [4.78, 5) is 249. The molecule has 6 amide bonds. The van der Waals surface area contributed by atoms with Crippen molar-refractivity contribution >= 4 is 112 Å².